The molecule has 2 aromatic carbocycles. The molecule has 0 saturated carbocycles. The van der Waals surface area contributed by atoms with Gasteiger partial charge in [0.1, 0.15) is 12.4 Å². The van der Waals surface area contributed by atoms with Crippen LogP contribution >= 0.6 is 0 Å². The average molecular weight is 362 g/mol. The molecular formula is C22H28B2O3. The van der Waals surface area contributed by atoms with Gasteiger partial charge < -0.3 is 14.0 Å². The fourth-order valence-corrected chi connectivity index (χ4v) is 3.19. The van der Waals surface area contributed by atoms with Crippen molar-refractivity contribution in [2.24, 2.45) is 0 Å². The van der Waals surface area contributed by atoms with Crippen molar-refractivity contribution >= 4 is 20.4 Å². The lowest BCUT2D eigenvalue weighted by molar-refractivity contribution is 0.00578. The highest BCUT2D eigenvalue weighted by molar-refractivity contribution is 6.63. The summed E-state index contributed by atoms with van der Waals surface area (Å²) in [5, 5.41) is 0. The summed E-state index contributed by atoms with van der Waals surface area (Å²) in [6.07, 6.45) is 2.44. The second-order valence-electron chi connectivity index (χ2n) is 8.08. The van der Waals surface area contributed by atoms with Crippen LogP contribution in [0.2, 0.25) is 6.32 Å². The Kier molecular flexibility index (Phi) is 6.02. The molecule has 5 heteroatoms. The summed E-state index contributed by atoms with van der Waals surface area (Å²) in [6.45, 7) is 8.79. The van der Waals surface area contributed by atoms with E-state index < -0.39 is 18.3 Å². The van der Waals surface area contributed by atoms with E-state index in [1.807, 2.05) is 30.3 Å². The molecule has 0 N–H and O–H groups in total. The highest BCUT2D eigenvalue weighted by Gasteiger charge is 2.53. The fraction of sp³-hybridized carbons (Fsp3) is 0.455. The number of ether oxygens (including phenoxy) is 1. The van der Waals surface area contributed by atoms with Crippen molar-refractivity contribution < 1.29 is 14.0 Å². The largest absolute Gasteiger partial charge is 0.498 e. The van der Waals surface area contributed by atoms with Crippen LogP contribution in [0.25, 0.3) is 0 Å². The van der Waals surface area contributed by atoms with E-state index in [2.05, 4.69) is 45.9 Å². The Morgan fingerprint density at radius 1 is 0.926 bits per heavy atom. The third-order valence-electron chi connectivity index (χ3n) is 5.53. The van der Waals surface area contributed by atoms with Crippen molar-refractivity contribution in [2.75, 3.05) is 0 Å². The number of aryl methyl sites for hydroxylation is 1. The van der Waals surface area contributed by atoms with Crippen LogP contribution in [0, 0.1) is 0 Å². The lowest BCUT2D eigenvalue weighted by Crippen LogP contribution is -2.41. The van der Waals surface area contributed by atoms with Gasteiger partial charge in [0.05, 0.1) is 19.0 Å². The lowest BCUT2D eigenvalue weighted by atomic mass is 9.74. The van der Waals surface area contributed by atoms with Gasteiger partial charge in [-0.15, -0.1) is 0 Å². The molecule has 27 heavy (non-hydrogen) atoms. The van der Waals surface area contributed by atoms with Gasteiger partial charge in [-0.2, -0.15) is 0 Å². The number of hydrogen-bond donors (Lipinski definition) is 0. The van der Waals surface area contributed by atoms with Crippen molar-refractivity contribution in [1.82, 2.24) is 0 Å². The van der Waals surface area contributed by atoms with Gasteiger partial charge in [0, 0.05) is 5.46 Å². The molecule has 3 rings (SSSR count). The van der Waals surface area contributed by atoms with Crippen LogP contribution in [0.3, 0.4) is 0 Å². The molecule has 1 aliphatic rings. The normalized spacial score (nSPS) is 17.9. The maximum atomic E-state index is 6.33. The van der Waals surface area contributed by atoms with Crippen LogP contribution in [0.4, 0.5) is 0 Å². The first-order valence-electron chi connectivity index (χ1n) is 9.68. The smallest absolute Gasteiger partial charge is 0.489 e. The van der Waals surface area contributed by atoms with Crippen molar-refractivity contribution in [3.8, 4) is 5.75 Å². The van der Waals surface area contributed by atoms with E-state index in [0.29, 0.717) is 12.9 Å². The van der Waals surface area contributed by atoms with E-state index in [-0.39, 0.29) is 0 Å². The summed E-state index contributed by atoms with van der Waals surface area (Å²) in [6, 6.07) is 16.3. The Labute approximate surface area is 165 Å². The van der Waals surface area contributed by atoms with Gasteiger partial charge in [-0.3, -0.25) is 0 Å². The molecule has 1 aliphatic heterocycles. The first kappa shape index (κ1) is 20.0. The third-order valence-corrected chi connectivity index (χ3v) is 5.53. The predicted molar refractivity (Wildman–Crippen MR) is 112 cm³/mol. The molecule has 0 amide bonds. The standard InChI is InChI=1S/C22H28B2O3/c1-21(2)22(3,4)27-24(26-21)20-18(13-9-15-23)12-8-14-19(20)25-16-17-10-6-5-7-11-17/h5-8,10-12,14H,9,13,15-16H2,1-4H3. The molecular weight excluding hydrogens is 334 g/mol. The summed E-state index contributed by atoms with van der Waals surface area (Å²) in [5.41, 5.74) is 2.50. The van der Waals surface area contributed by atoms with Gasteiger partial charge in [-0.25, -0.2) is 0 Å². The fourth-order valence-electron chi connectivity index (χ4n) is 3.19. The Morgan fingerprint density at radius 3 is 2.22 bits per heavy atom. The van der Waals surface area contributed by atoms with E-state index in [9.17, 15) is 0 Å². The molecule has 0 aliphatic carbocycles. The SMILES string of the molecule is [B]CCCc1cccc(OCc2ccccc2)c1B1OC(C)(C)C(C)(C)O1. The summed E-state index contributed by atoms with van der Waals surface area (Å²) >= 11 is 0. The maximum Gasteiger partial charge on any atom is 0.498 e. The van der Waals surface area contributed by atoms with Crippen molar-refractivity contribution in [3.63, 3.8) is 0 Å². The molecule has 0 atom stereocenters. The van der Waals surface area contributed by atoms with E-state index >= 15 is 0 Å². The number of rotatable bonds is 7. The van der Waals surface area contributed by atoms with Gasteiger partial charge in [-0.05, 0) is 51.3 Å². The van der Waals surface area contributed by atoms with Gasteiger partial charge in [0.2, 0.25) is 0 Å². The molecule has 1 fully saturated rings. The summed E-state index contributed by atoms with van der Waals surface area (Å²) < 4.78 is 18.9. The first-order chi connectivity index (χ1) is 12.8. The molecule has 0 aromatic heterocycles. The summed E-state index contributed by atoms with van der Waals surface area (Å²) in [4.78, 5) is 0. The molecule has 0 unspecified atom stereocenters. The Morgan fingerprint density at radius 2 is 1.59 bits per heavy atom. The molecule has 3 nitrogen and oxygen atoms in total. The van der Waals surface area contributed by atoms with Crippen LogP contribution < -0.4 is 10.2 Å². The molecule has 0 spiro atoms. The second kappa shape index (κ2) is 8.12. The summed E-state index contributed by atoms with van der Waals surface area (Å²) in [7, 11) is 5.30. The van der Waals surface area contributed by atoms with Crippen LogP contribution in [-0.2, 0) is 22.3 Å². The predicted octanol–water partition coefficient (Wildman–Crippen LogP) is 4.08. The minimum atomic E-state index is -0.449. The van der Waals surface area contributed by atoms with Gasteiger partial charge in [0.25, 0.3) is 0 Å². The van der Waals surface area contributed by atoms with E-state index in [4.69, 9.17) is 21.9 Å². The van der Waals surface area contributed by atoms with Crippen LogP contribution in [-0.4, -0.2) is 26.2 Å². The minimum Gasteiger partial charge on any atom is -0.489 e. The van der Waals surface area contributed by atoms with Crippen LogP contribution in [0.1, 0.15) is 45.2 Å². The molecule has 2 radical (unpaired) electrons. The van der Waals surface area contributed by atoms with Gasteiger partial charge in [0.15, 0.2) is 0 Å². The second-order valence-corrected chi connectivity index (χ2v) is 8.08. The zero-order valence-corrected chi connectivity index (χ0v) is 16.8. The van der Waals surface area contributed by atoms with Crippen LogP contribution in [0.15, 0.2) is 48.5 Å². The van der Waals surface area contributed by atoms with Gasteiger partial charge in [-0.1, -0.05) is 55.2 Å². The molecule has 0 bridgehead atoms. The monoisotopic (exact) mass is 362 g/mol. The first-order valence-corrected chi connectivity index (χ1v) is 9.68. The molecule has 140 valence electrons. The zero-order valence-electron chi connectivity index (χ0n) is 16.8. The van der Waals surface area contributed by atoms with Gasteiger partial charge >= 0.3 is 7.12 Å². The van der Waals surface area contributed by atoms with E-state index in [1.54, 1.807) is 0 Å². The minimum absolute atomic E-state index is 0.394. The third kappa shape index (κ3) is 4.41. The Bertz CT molecular complexity index is 743. The molecule has 1 heterocycles. The highest BCUT2D eigenvalue weighted by atomic mass is 16.7. The Hall–Kier alpha value is -1.71. The highest BCUT2D eigenvalue weighted by Crippen LogP contribution is 2.37. The average Bonchev–Trinajstić information content (AvgIpc) is 2.86. The number of hydrogen-bond acceptors (Lipinski definition) is 3. The number of benzene rings is 2. The van der Waals surface area contributed by atoms with E-state index in [1.165, 1.54) is 5.56 Å². The maximum absolute atomic E-state index is 6.33. The van der Waals surface area contributed by atoms with Crippen molar-refractivity contribution in [2.45, 2.75) is 64.7 Å². The topological polar surface area (TPSA) is 27.7 Å². The van der Waals surface area contributed by atoms with E-state index in [0.717, 1.165) is 29.6 Å². The zero-order chi connectivity index (χ0) is 19.5. The van der Waals surface area contributed by atoms with Crippen molar-refractivity contribution in [3.05, 3.63) is 59.7 Å². The summed E-state index contributed by atoms with van der Waals surface area (Å²) in [5.74, 6) is 0.812. The lowest BCUT2D eigenvalue weighted by Gasteiger charge is -2.32. The Balaban J connectivity index is 1.91. The molecule has 2 aromatic rings. The van der Waals surface area contributed by atoms with Crippen LogP contribution in [0.5, 0.6) is 5.75 Å². The van der Waals surface area contributed by atoms with Crippen molar-refractivity contribution in [1.29, 1.82) is 0 Å². The molecule has 1 saturated heterocycles. The quantitative estimate of drug-likeness (QED) is 0.695.